The predicted molar refractivity (Wildman–Crippen MR) is 370 cm³/mol. The smallest absolute Gasteiger partial charge is 0.0465 e. The maximum Gasteiger partial charge on any atom is 0.0465 e. The fourth-order valence-electron chi connectivity index (χ4n) is 19.0. The van der Waals surface area contributed by atoms with E-state index in [2.05, 4.69) is 285 Å². The number of hydrogen-bond acceptors (Lipinski definition) is 2. The Morgan fingerprint density at radius 2 is 0.333 bits per heavy atom. The second-order valence-corrected chi connectivity index (χ2v) is 26.2. The average Bonchev–Trinajstić information content (AvgIpc) is 1.70. The van der Waals surface area contributed by atoms with Crippen LogP contribution in [0.1, 0.15) is 189 Å². The first-order valence-corrected chi connectivity index (χ1v) is 33.4. The number of benzene rings is 10. The highest BCUT2D eigenvalue weighted by molar-refractivity contribution is 5.94. The highest BCUT2D eigenvalue weighted by Gasteiger charge is 2.47. The van der Waals surface area contributed by atoms with Crippen molar-refractivity contribution in [3.8, 4) is 55.6 Å². The fourth-order valence-corrected chi connectivity index (χ4v) is 19.0. The van der Waals surface area contributed by atoms with Gasteiger partial charge in [-0.05, 0) is 248 Å². The predicted octanol–water partition coefficient (Wildman–Crippen LogP) is 24.1. The molecule has 0 atom stereocenters. The van der Waals surface area contributed by atoms with Gasteiger partial charge in [0, 0.05) is 61.2 Å². The quantitative estimate of drug-likeness (QED) is 0.0951. The van der Waals surface area contributed by atoms with Gasteiger partial charge >= 0.3 is 0 Å². The summed E-state index contributed by atoms with van der Waals surface area (Å²) < 4.78 is 0. The van der Waals surface area contributed by atoms with Crippen LogP contribution in [-0.4, -0.2) is 0 Å². The lowest BCUT2D eigenvalue weighted by Gasteiger charge is -2.35. The molecule has 0 fully saturated rings. The molecule has 15 rings (SSSR count). The van der Waals surface area contributed by atoms with E-state index in [1.165, 1.54) is 145 Å². The molecule has 87 heavy (non-hydrogen) atoms. The maximum atomic E-state index is 2.63. The fraction of sp³-hybridized carbons (Fsp3) is 0.294. The van der Waals surface area contributed by atoms with Gasteiger partial charge in [0.15, 0.2) is 0 Å². The molecule has 0 heterocycles. The molecule has 2 heteroatoms. The van der Waals surface area contributed by atoms with Gasteiger partial charge in [-0.1, -0.05) is 203 Å². The summed E-state index contributed by atoms with van der Waals surface area (Å²) in [5, 5.41) is 0. The first-order valence-electron chi connectivity index (χ1n) is 33.4. The van der Waals surface area contributed by atoms with Crippen molar-refractivity contribution in [1.29, 1.82) is 0 Å². The lowest BCUT2D eigenvalue weighted by atomic mass is 9.73. The van der Waals surface area contributed by atoms with Gasteiger partial charge in [0.05, 0.1) is 0 Å². The molecule has 434 valence electrons. The Hall–Kier alpha value is -8.20. The van der Waals surface area contributed by atoms with Crippen LogP contribution in [0.2, 0.25) is 0 Å². The second-order valence-electron chi connectivity index (χ2n) is 26.2. The van der Waals surface area contributed by atoms with Crippen LogP contribution in [0.3, 0.4) is 0 Å². The molecular weight excluding hydrogens is 1050 g/mol. The second kappa shape index (κ2) is 20.4. The zero-order valence-corrected chi connectivity index (χ0v) is 53.1. The SMILES string of the molecule is CCC1(CC)c2ccccc2-c2ccc(N(c3ccc4c(c3)C(CC)(CC)c3ccccc3-4)c3ccc4c(c3)C(CC)(CC)c3cc(N(c5ccc6c(c5)C(CC)(CC)c5ccccc5-6)c5ccc6c(c5)C(CC)(CC)c5ccccc5-6)ccc3-4)cc21. The summed E-state index contributed by atoms with van der Waals surface area (Å²) in [6, 6.07) is 81.8. The highest BCUT2D eigenvalue weighted by Crippen LogP contribution is 2.61. The summed E-state index contributed by atoms with van der Waals surface area (Å²) in [4.78, 5) is 5.26. The minimum atomic E-state index is -0.232. The first kappa shape index (κ1) is 55.4. The zero-order valence-electron chi connectivity index (χ0n) is 53.1. The minimum absolute atomic E-state index is 0.0582. The minimum Gasteiger partial charge on any atom is -0.310 e. The van der Waals surface area contributed by atoms with Gasteiger partial charge < -0.3 is 9.80 Å². The van der Waals surface area contributed by atoms with Crippen LogP contribution in [0.4, 0.5) is 34.1 Å². The van der Waals surface area contributed by atoms with Gasteiger partial charge in [0.25, 0.3) is 0 Å². The van der Waals surface area contributed by atoms with Crippen LogP contribution >= 0.6 is 0 Å². The summed E-state index contributed by atoms with van der Waals surface area (Å²) in [5.74, 6) is 0. The maximum absolute atomic E-state index is 2.63. The van der Waals surface area contributed by atoms with Gasteiger partial charge in [-0.3, -0.25) is 0 Å². The van der Waals surface area contributed by atoms with Gasteiger partial charge in [-0.15, -0.1) is 0 Å². The molecule has 0 aromatic heterocycles. The topological polar surface area (TPSA) is 6.48 Å². The van der Waals surface area contributed by atoms with Crippen LogP contribution in [0.25, 0.3) is 55.6 Å². The van der Waals surface area contributed by atoms with E-state index >= 15 is 0 Å². The van der Waals surface area contributed by atoms with E-state index in [0.717, 1.165) is 64.2 Å². The first-order chi connectivity index (χ1) is 42.6. The van der Waals surface area contributed by atoms with E-state index in [0.29, 0.717) is 0 Å². The van der Waals surface area contributed by atoms with Crippen molar-refractivity contribution in [3.63, 3.8) is 0 Å². The average molecular weight is 1130 g/mol. The molecular formula is C85H84N2. The van der Waals surface area contributed by atoms with E-state index in [9.17, 15) is 0 Å². The van der Waals surface area contributed by atoms with E-state index in [-0.39, 0.29) is 27.1 Å². The Morgan fingerprint density at radius 1 is 0.184 bits per heavy atom. The zero-order chi connectivity index (χ0) is 59.8. The molecule has 0 saturated carbocycles. The summed E-state index contributed by atoms with van der Waals surface area (Å²) in [7, 11) is 0. The molecule has 0 N–H and O–H groups in total. The van der Waals surface area contributed by atoms with Crippen molar-refractivity contribution in [2.75, 3.05) is 9.80 Å². The molecule has 0 unspecified atom stereocenters. The van der Waals surface area contributed by atoms with E-state index in [1.807, 2.05) is 0 Å². The molecule has 0 radical (unpaired) electrons. The summed E-state index contributed by atoms with van der Waals surface area (Å²) >= 11 is 0. The van der Waals surface area contributed by atoms with Crippen molar-refractivity contribution < 1.29 is 0 Å². The van der Waals surface area contributed by atoms with Crippen molar-refractivity contribution in [2.45, 2.75) is 161 Å². The van der Waals surface area contributed by atoms with Crippen LogP contribution < -0.4 is 9.80 Å². The number of rotatable bonds is 16. The highest BCUT2D eigenvalue weighted by atomic mass is 15.1. The lowest BCUT2D eigenvalue weighted by Crippen LogP contribution is -2.25. The number of fused-ring (bicyclic) bond motifs is 15. The van der Waals surface area contributed by atoms with E-state index < -0.39 is 0 Å². The third-order valence-corrected chi connectivity index (χ3v) is 23.9. The largest absolute Gasteiger partial charge is 0.310 e. The Bertz CT molecular complexity index is 3890. The van der Waals surface area contributed by atoms with Gasteiger partial charge in [-0.2, -0.15) is 0 Å². The van der Waals surface area contributed by atoms with Gasteiger partial charge in [0.1, 0.15) is 0 Å². The third kappa shape index (κ3) is 7.28. The molecule has 5 aliphatic rings. The molecule has 0 amide bonds. The Morgan fingerprint density at radius 3 is 0.506 bits per heavy atom. The third-order valence-electron chi connectivity index (χ3n) is 23.9. The molecule has 2 nitrogen and oxygen atoms in total. The summed E-state index contributed by atoms with van der Waals surface area (Å²) in [6.45, 7) is 24.1. The monoisotopic (exact) mass is 1130 g/mol. The standard InChI is InChI=1S/C85H84N2/c1-11-81(12-2)71-33-25-21-29-61(71)65-43-37-55(49-75(65)81)86(56-38-44-66-62-30-22-26-34-72(62)82(13-3,14-4)76(66)50-56)59-41-47-69-70-48-42-60(54-80(70)85(19-9,20-10)79(69)53-59)87(57-39-45-67-63-31-23-27-35-73(63)83(15-5,16-6)77(67)51-57)58-40-46-68-64-32-24-28-36-74(64)84(17-7,18-8)78(68)52-58/h21-54H,11-20H2,1-10H3. The lowest BCUT2D eigenvalue weighted by molar-refractivity contribution is 0.490. The van der Waals surface area contributed by atoms with Crippen molar-refractivity contribution >= 4 is 34.1 Å². The van der Waals surface area contributed by atoms with Crippen molar-refractivity contribution in [2.24, 2.45) is 0 Å². The number of nitrogens with zero attached hydrogens (tertiary/aromatic N) is 2. The Balaban J connectivity index is 0.912. The molecule has 0 spiro atoms. The van der Waals surface area contributed by atoms with E-state index in [1.54, 1.807) is 0 Å². The van der Waals surface area contributed by atoms with Crippen molar-refractivity contribution in [3.05, 3.63) is 262 Å². The van der Waals surface area contributed by atoms with Crippen LogP contribution in [-0.2, 0) is 27.1 Å². The van der Waals surface area contributed by atoms with E-state index in [4.69, 9.17) is 0 Å². The summed E-state index contributed by atoms with van der Waals surface area (Å²) in [5.41, 5.74) is 35.1. The molecule has 10 aromatic rings. The van der Waals surface area contributed by atoms with Gasteiger partial charge in [-0.25, -0.2) is 0 Å². The molecule has 5 aliphatic carbocycles. The number of anilines is 6. The van der Waals surface area contributed by atoms with Gasteiger partial charge in [0.2, 0.25) is 0 Å². The number of hydrogen-bond donors (Lipinski definition) is 0. The van der Waals surface area contributed by atoms with Crippen LogP contribution in [0.15, 0.2) is 206 Å². The van der Waals surface area contributed by atoms with Crippen LogP contribution in [0.5, 0.6) is 0 Å². The molecule has 0 saturated heterocycles. The van der Waals surface area contributed by atoms with Crippen LogP contribution in [0, 0.1) is 0 Å². The Kier molecular flexibility index (Phi) is 13.0. The Labute approximate surface area is 519 Å². The van der Waals surface area contributed by atoms with Crippen molar-refractivity contribution in [1.82, 2.24) is 0 Å². The molecule has 0 aliphatic heterocycles. The molecule has 0 bridgehead atoms. The molecule has 10 aromatic carbocycles. The normalized spacial score (nSPS) is 16.2. The summed E-state index contributed by atoms with van der Waals surface area (Å²) in [6.07, 6.45) is 10.4.